The van der Waals surface area contributed by atoms with E-state index in [0.717, 1.165) is 5.56 Å². The fourth-order valence-electron chi connectivity index (χ4n) is 3.20. The van der Waals surface area contributed by atoms with Gasteiger partial charge in [0.15, 0.2) is 0 Å². The topological polar surface area (TPSA) is 75.7 Å². The lowest BCUT2D eigenvalue weighted by molar-refractivity contribution is 0.0937. The van der Waals surface area contributed by atoms with Crippen LogP contribution in [0.25, 0.3) is 0 Å². The molecule has 0 radical (unpaired) electrons. The molecule has 0 aromatic heterocycles. The summed E-state index contributed by atoms with van der Waals surface area (Å²) in [7, 11) is -2.14. The maximum atomic E-state index is 13.1. The number of carbonyl (C=O) groups excluding carboxylic acids is 1. The number of amides is 1. The van der Waals surface area contributed by atoms with Crippen molar-refractivity contribution in [1.82, 2.24) is 5.32 Å². The molecule has 0 aliphatic carbocycles. The van der Waals surface area contributed by atoms with Gasteiger partial charge in [0.05, 0.1) is 17.2 Å². The lowest BCUT2D eigenvalue weighted by Gasteiger charge is -2.24. The van der Waals surface area contributed by atoms with Crippen molar-refractivity contribution in [2.24, 2.45) is 0 Å². The Morgan fingerprint density at radius 1 is 1.26 bits per heavy atom. The fraction of sp³-hybridized carbons (Fsp3) is 0.316. The van der Waals surface area contributed by atoms with Gasteiger partial charge in [0.2, 0.25) is 0 Å². The van der Waals surface area contributed by atoms with E-state index in [-0.39, 0.29) is 16.8 Å². The molecule has 0 saturated heterocycles. The van der Waals surface area contributed by atoms with Crippen LogP contribution in [0.15, 0.2) is 47.4 Å². The lowest BCUT2D eigenvalue weighted by atomic mass is 10.1. The number of sulfonamides is 1. The van der Waals surface area contributed by atoms with Crippen molar-refractivity contribution in [3.63, 3.8) is 0 Å². The highest BCUT2D eigenvalue weighted by Crippen LogP contribution is 2.37. The van der Waals surface area contributed by atoms with Crippen molar-refractivity contribution in [2.45, 2.75) is 24.3 Å². The van der Waals surface area contributed by atoms with Crippen LogP contribution >= 0.6 is 11.6 Å². The van der Waals surface area contributed by atoms with Crippen LogP contribution < -0.4 is 9.62 Å². The number of hydrogen-bond donors (Lipinski definition) is 1. The minimum absolute atomic E-state index is 0.188. The van der Waals surface area contributed by atoms with Crippen LogP contribution in [0.4, 0.5) is 5.69 Å². The molecule has 0 bridgehead atoms. The molecule has 2 aromatic carbocycles. The number of benzene rings is 2. The number of nitrogens with zero attached hydrogens (tertiary/aromatic N) is 1. The second kappa shape index (κ2) is 7.88. The van der Waals surface area contributed by atoms with E-state index < -0.39 is 10.0 Å². The SMILES string of the molecule is COCCNC(=O)c1ccc2c(c1)C[C@@H](C)N2S(=O)(=O)c1ccc(Cl)cc1. The van der Waals surface area contributed by atoms with Crippen LogP contribution in [-0.4, -0.2) is 40.6 Å². The van der Waals surface area contributed by atoms with Crippen molar-refractivity contribution in [1.29, 1.82) is 0 Å². The number of nitrogens with one attached hydrogen (secondary N) is 1. The second-order valence-corrected chi connectivity index (χ2v) is 8.65. The molecule has 1 atom stereocenters. The molecule has 0 spiro atoms. The molecule has 27 heavy (non-hydrogen) atoms. The van der Waals surface area contributed by atoms with Crippen LogP contribution in [0, 0.1) is 0 Å². The van der Waals surface area contributed by atoms with Crippen LogP contribution in [0.5, 0.6) is 0 Å². The zero-order chi connectivity index (χ0) is 19.6. The molecule has 144 valence electrons. The molecule has 1 aliphatic rings. The summed E-state index contributed by atoms with van der Waals surface area (Å²) in [6.07, 6.45) is 0.543. The van der Waals surface area contributed by atoms with E-state index in [1.807, 2.05) is 6.92 Å². The van der Waals surface area contributed by atoms with Crippen molar-refractivity contribution in [3.8, 4) is 0 Å². The second-order valence-electron chi connectivity index (χ2n) is 6.40. The first-order chi connectivity index (χ1) is 12.8. The summed E-state index contributed by atoms with van der Waals surface area (Å²) in [5, 5.41) is 3.25. The summed E-state index contributed by atoms with van der Waals surface area (Å²) in [6, 6.07) is 11.0. The summed E-state index contributed by atoms with van der Waals surface area (Å²) >= 11 is 5.87. The summed E-state index contributed by atoms with van der Waals surface area (Å²) in [5.74, 6) is -0.207. The summed E-state index contributed by atoms with van der Waals surface area (Å²) in [4.78, 5) is 12.4. The maximum absolute atomic E-state index is 13.1. The van der Waals surface area contributed by atoms with E-state index >= 15 is 0 Å². The Balaban J connectivity index is 1.89. The van der Waals surface area contributed by atoms with Crippen molar-refractivity contribution in [3.05, 3.63) is 58.6 Å². The summed E-state index contributed by atoms with van der Waals surface area (Å²) in [5.41, 5.74) is 1.94. The number of rotatable bonds is 6. The van der Waals surface area contributed by atoms with Gasteiger partial charge in [-0.1, -0.05) is 11.6 Å². The molecule has 6 nitrogen and oxygen atoms in total. The van der Waals surface area contributed by atoms with Crippen LogP contribution in [0.2, 0.25) is 5.02 Å². The van der Waals surface area contributed by atoms with E-state index in [0.29, 0.717) is 35.8 Å². The molecule has 1 heterocycles. The predicted octanol–water partition coefficient (Wildman–Crippen LogP) is 2.86. The largest absolute Gasteiger partial charge is 0.383 e. The molecular formula is C19H21ClN2O4S. The Labute approximate surface area is 164 Å². The average Bonchev–Trinajstić information content (AvgIpc) is 2.97. The first-order valence-corrected chi connectivity index (χ1v) is 10.4. The van der Waals surface area contributed by atoms with E-state index in [2.05, 4.69) is 5.32 Å². The van der Waals surface area contributed by atoms with Gasteiger partial charge in [-0.3, -0.25) is 9.10 Å². The Morgan fingerprint density at radius 2 is 1.96 bits per heavy atom. The summed E-state index contributed by atoms with van der Waals surface area (Å²) < 4.78 is 32.5. The minimum Gasteiger partial charge on any atom is -0.383 e. The molecule has 0 fully saturated rings. The van der Waals surface area contributed by atoms with Gasteiger partial charge in [-0.25, -0.2) is 8.42 Å². The zero-order valence-corrected chi connectivity index (χ0v) is 16.7. The number of ether oxygens (including phenoxy) is 1. The van der Waals surface area contributed by atoms with Gasteiger partial charge >= 0.3 is 0 Å². The first kappa shape index (κ1) is 19.7. The van der Waals surface area contributed by atoms with Gasteiger partial charge in [-0.2, -0.15) is 0 Å². The minimum atomic E-state index is -3.71. The van der Waals surface area contributed by atoms with E-state index in [4.69, 9.17) is 16.3 Å². The number of carbonyl (C=O) groups is 1. The van der Waals surface area contributed by atoms with E-state index in [1.54, 1.807) is 37.4 Å². The molecule has 1 aliphatic heterocycles. The maximum Gasteiger partial charge on any atom is 0.264 e. The van der Waals surface area contributed by atoms with E-state index in [9.17, 15) is 13.2 Å². The lowest BCUT2D eigenvalue weighted by Crippen LogP contribution is -2.35. The first-order valence-electron chi connectivity index (χ1n) is 8.54. The van der Waals surface area contributed by atoms with Gasteiger partial charge in [0, 0.05) is 30.3 Å². The summed E-state index contributed by atoms with van der Waals surface area (Å²) in [6.45, 7) is 2.70. The number of anilines is 1. The smallest absolute Gasteiger partial charge is 0.264 e. The molecule has 0 unspecified atom stereocenters. The quantitative estimate of drug-likeness (QED) is 0.746. The number of fused-ring (bicyclic) bond motifs is 1. The molecule has 1 amide bonds. The van der Waals surface area contributed by atoms with Crippen molar-refractivity contribution >= 4 is 33.2 Å². The number of hydrogen-bond acceptors (Lipinski definition) is 4. The standard InChI is InChI=1S/C19H21ClN2O4S/c1-13-11-15-12-14(19(23)21-9-10-26-2)3-8-18(15)22(13)27(24,25)17-6-4-16(20)5-7-17/h3-8,12-13H,9-11H2,1-2H3,(H,21,23)/t13-/m1/s1. The Kier molecular flexibility index (Phi) is 5.74. The van der Waals surface area contributed by atoms with E-state index in [1.165, 1.54) is 16.4 Å². The van der Waals surface area contributed by atoms with Gasteiger partial charge < -0.3 is 10.1 Å². The Bertz CT molecular complexity index is 945. The fourth-order valence-corrected chi connectivity index (χ4v) is 5.02. The van der Waals surface area contributed by atoms with Crippen LogP contribution in [0.3, 0.4) is 0 Å². The van der Waals surface area contributed by atoms with Crippen LogP contribution in [0.1, 0.15) is 22.8 Å². The third kappa shape index (κ3) is 3.95. The monoisotopic (exact) mass is 408 g/mol. The molecule has 8 heteroatoms. The highest BCUT2D eigenvalue weighted by molar-refractivity contribution is 7.92. The highest BCUT2D eigenvalue weighted by Gasteiger charge is 2.36. The van der Waals surface area contributed by atoms with Gasteiger partial charge in [0.25, 0.3) is 15.9 Å². The normalized spacial score (nSPS) is 16.3. The Hall–Kier alpha value is -2.09. The van der Waals surface area contributed by atoms with Crippen molar-refractivity contribution in [2.75, 3.05) is 24.6 Å². The van der Waals surface area contributed by atoms with Crippen LogP contribution in [-0.2, 0) is 21.2 Å². The molecule has 1 N–H and O–H groups in total. The molecule has 0 saturated carbocycles. The van der Waals surface area contributed by atoms with Gasteiger partial charge in [-0.05, 0) is 61.4 Å². The van der Waals surface area contributed by atoms with Crippen molar-refractivity contribution < 1.29 is 17.9 Å². The Morgan fingerprint density at radius 3 is 2.63 bits per heavy atom. The third-order valence-corrected chi connectivity index (χ3v) is 6.65. The molecular weight excluding hydrogens is 388 g/mol. The van der Waals surface area contributed by atoms with Gasteiger partial charge in [-0.15, -0.1) is 0 Å². The number of methoxy groups -OCH3 is 1. The zero-order valence-electron chi connectivity index (χ0n) is 15.1. The highest BCUT2D eigenvalue weighted by atomic mass is 35.5. The third-order valence-electron chi connectivity index (χ3n) is 4.46. The molecule has 3 rings (SSSR count). The average molecular weight is 409 g/mol. The molecule has 2 aromatic rings. The van der Waals surface area contributed by atoms with Gasteiger partial charge in [0.1, 0.15) is 0 Å². The number of halogens is 1. The predicted molar refractivity (Wildman–Crippen MR) is 105 cm³/mol.